The lowest BCUT2D eigenvalue weighted by molar-refractivity contribution is -0.118. The molecule has 0 fully saturated rings. The highest BCUT2D eigenvalue weighted by atomic mass is 79.9. The number of nitrogens with zero attached hydrogens (tertiary/aromatic N) is 2. The van der Waals surface area contributed by atoms with Gasteiger partial charge in [0.15, 0.2) is 5.78 Å². The van der Waals surface area contributed by atoms with Crippen molar-refractivity contribution in [2.24, 2.45) is 11.1 Å². The van der Waals surface area contributed by atoms with E-state index >= 15 is 0 Å². The molecule has 0 bridgehead atoms. The molecule has 0 radical (unpaired) electrons. The first kappa shape index (κ1) is 27.7. The molecule has 2 aliphatic rings. The van der Waals surface area contributed by atoms with Crippen molar-refractivity contribution in [2.45, 2.75) is 60.0 Å². The van der Waals surface area contributed by atoms with Gasteiger partial charge in [0, 0.05) is 27.9 Å². The summed E-state index contributed by atoms with van der Waals surface area (Å²) >= 11 is 3.46. The summed E-state index contributed by atoms with van der Waals surface area (Å²) in [5.41, 5.74) is 14.6. The van der Waals surface area contributed by atoms with E-state index in [-0.39, 0.29) is 11.2 Å². The molecule has 1 unspecified atom stereocenters. The topological polar surface area (TPSA) is 79.3 Å². The van der Waals surface area contributed by atoms with Gasteiger partial charge in [-0.3, -0.25) is 9.69 Å². The predicted octanol–water partition coefficient (Wildman–Crippen LogP) is 7.89. The smallest absolute Gasteiger partial charge is 0.162 e. The largest absolute Gasteiger partial charge is 0.489 e. The summed E-state index contributed by atoms with van der Waals surface area (Å²) in [6.07, 6.45) is 1.11. The molecule has 5 nitrogen and oxygen atoms in total. The normalized spacial score (nSPS) is 18.5. The number of ketones is 1. The molecular weight excluding hydrogens is 562 g/mol. The average molecular weight is 597 g/mol. The Hall–Kier alpha value is -3.82. The minimum absolute atomic E-state index is 0.0706. The molecular formula is C34H34BrN3O2. The number of aryl methyl sites for hydroxylation is 3. The Balaban J connectivity index is 1.65. The van der Waals surface area contributed by atoms with E-state index in [1.807, 2.05) is 67.3 Å². The van der Waals surface area contributed by atoms with Crippen molar-refractivity contribution in [1.29, 1.82) is 5.26 Å². The summed E-state index contributed by atoms with van der Waals surface area (Å²) in [4.78, 5) is 15.9. The molecule has 6 heteroatoms. The summed E-state index contributed by atoms with van der Waals surface area (Å²) in [7, 11) is 0. The van der Waals surface area contributed by atoms with Crippen LogP contribution in [0.5, 0.6) is 5.75 Å². The zero-order chi connectivity index (χ0) is 28.8. The second-order valence-corrected chi connectivity index (χ2v) is 12.6. The molecule has 40 heavy (non-hydrogen) atoms. The van der Waals surface area contributed by atoms with Crippen LogP contribution < -0.4 is 15.4 Å². The van der Waals surface area contributed by atoms with Crippen LogP contribution in [0.4, 0.5) is 5.69 Å². The van der Waals surface area contributed by atoms with Gasteiger partial charge in [0.25, 0.3) is 0 Å². The van der Waals surface area contributed by atoms with Crippen molar-refractivity contribution in [2.75, 3.05) is 4.90 Å². The molecule has 204 valence electrons. The number of benzene rings is 3. The number of anilines is 1. The highest BCUT2D eigenvalue weighted by Crippen LogP contribution is 2.50. The fourth-order valence-electron chi connectivity index (χ4n) is 5.88. The Morgan fingerprint density at radius 1 is 1.02 bits per heavy atom. The second kappa shape index (κ2) is 10.6. The molecule has 0 spiro atoms. The second-order valence-electron chi connectivity index (χ2n) is 11.7. The highest BCUT2D eigenvalue weighted by Gasteiger charge is 2.45. The van der Waals surface area contributed by atoms with E-state index in [1.165, 1.54) is 0 Å². The van der Waals surface area contributed by atoms with Crippen LogP contribution in [0.1, 0.15) is 60.4 Å². The van der Waals surface area contributed by atoms with E-state index < -0.39 is 5.92 Å². The van der Waals surface area contributed by atoms with Gasteiger partial charge < -0.3 is 10.5 Å². The number of nitriles is 1. The lowest BCUT2D eigenvalue weighted by atomic mass is 9.68. The number of carbonyl (C=O) groups is 1. The van der Waals surface area contributed by atoms with E-state index in [1.54, 1.807) is 0 Å². The quantitative estimate of drug-likeness (QED) is 0.324. The maximum absolute atomic E-state index is 13.9. The van der Waals surface area contributed by atoms with Gasteiger partial charge in [-0.05, 0) is 91.3 Å². The Kier molecular flexibility index (Phi) is 7.37. The number of halogens is 1. The van der Waals surface area contributed by atoms with E-state index in [2.05, 4.69) is 54.9 Å². The van der Waals surface area contributed by atoms with Crippen molar-refractivity contribution < 1.29 is 9.53 Å². The highest BCUT2D eigenvalue weighted by molar-refractivity contribution is 9.10. The Morgan fingerprint density at radius 3 is 2.35 bits per heavy atom. The summed E-state index contributed by atoms with van der Waals surface area (Å²) in [5, 5.41) is 10.5. The number of rotatable bonds is 5. The molecule has 0 saturated carbocycles. The predicted molar refractivity (Wildman–Crippen MR) is 163 cm³/mol. The van der Waals surface area contributed by atoms with Crippen LogP contribution in [0.3, 0.4) is 0 Å². The number of Topliss-reactive ketones (excluding diaryl/α,β-unsaturated/α-hetero) is 1. The third-order valence-electron chi connectivity index (χ3n) is 7.92. The first-order valence-corrected chi connectivity index (χ1v) is 14.3. The Bertz CT molecular complexity index is 1590. The molecule has 3 aromatic rings. The molecule has 1 aliphatic carbocycles. The average Bonchev–Trinajstić information content (AvgIpc) is 2.89. The lowest BCUT2D eigenvalue weighted by Crippen LogP contribution is -2.42. The van der Waals surface area contributed by atoms with Gasteiger partial charge in [0.1, 0.15) is 18.2 Å². The van der Waals surface area contributed by atoms with Gasteiger partial charge in [0.2, 0.25) is 0 Å². The van der Waals surface area contributed by atoms with Crippen LogP contribution in [0.2, 0.25) is 0 Å². The van der Waals surface area contributed by atoms with Crippen LogP contribution >= 0.6 is 15.9 Å². The van der Waals surface area contributed by atoms with E-state index in [4.69, 9.17) is 10.5 Å². The van der Waals surface area contributed by atoms with Gasteiger partial charge in [0.05, 0.1) is 17.6 Å². The van der Waals surface area contributed by atoms with Crippen molar-refractivity contribution in [3.8, 4) is 11.8 Å². The number of hydrogen-bond acceptors (Lipinski definition) is 5. The molecule has 1 aliphatic heterocycles. The van der Waals surface area contributed by atoms with Gasteiger partial charge in [-0.1, -0.05) is 59.6 Å². The lowest BCUT2D eigenvalue weighted by Gasteiger charge is -2.44. The van der Waals surface area contributed by atoms with Gasteiger partial charge >= 0.3 is 0 Å². The molecule has 1 atom stereocenters. The Labute approximate surface area is 245 Å². The molecule has 1 heterocycles. The molecule has 0 amide bonds. The van der Waals surface area contributed by atoms with Crippen molar-refractivity contribution in [1.82, 2.24) is 0 Å². The third-order valence-corrected chi connectivity index (χ3v) is 8.45. The molecule has 5 rings (SSSR count). The molecule has 0 aromatic heterocycles. The van der Waals surface area contributed by atoms with Crippen molar-refractivity contribution in [3.63, 3.8) is 0 Å². The van der Waals surface area contributed by atoms with E-state index in [0.29, 0.717) is 36.4 Å². The summed E-state index contributed by atoms with van der Waals surface area (Å²) in [6, 6.07) is 22.4. The minimum atomic E-state index is -0.530. The number of allylic oxidation sites excluding steroid dienone is 3. The summed E-state index contributed by atoms with van der Waals surface area (Å²) in [5.74, 6) is 0.694. The standard InChI is InChI=1S/C34H34BrN3O2/c1-20-6-10-25(11-7-20)38-29-16-34(4,5)17-30(39)32(29)31(28(18-36)33(38)37)27-15-23(21(2)14-22(27)3)19-40-26-12-8-24(35)9-13-26/h6-15,31H,16-17,19,37H2,1-5H3. The Morgan fingerprint density at radius 2 is 1.70 bits per heavy atom. The fourth-order valence-corrected chi connectivity index (χ4v) is 6.15. The summed E-state index contributed by atoms with van der Waals surface area (Å²) < 4.78 is 7.10. The number of nitrogens with two attached hydrogens (primary N) is 1. The zero-order valence-electron chi connectivity index (χ0n) is 23.6. The van der Waals surface area contributed by atoms with Crippen LogP contribution in [0.15, 0.2) is 87.8 Å². The number of ether oxygens (including phenoxy) is 1. The van der Waals surface area contributed by atoms with Crippen LogP contribution in [0, 0.1) is 37.5 Å². The number of carbonyl (C=O) groups excluding carboxylic acids is 1. The monoisotopic (exact) mass is 595 g/mol. The minimum Gasteiger partial charge on any atom is -0.489 e. The molecule has 0 saturated heterocycles. The SMILES string of the molecule is Cc1ccc(N2C(N)=C(C#N)C(c3cc(COc4ccc(Br)cc4)c(C)cc3C)C3=C2CC(C)(C)CC3=O)cc1. The van der Waals surface area contributed by atoms with Gasteiger partial charge in [-0.25, -0.2) is 0 Å². The fraction of sp³-hybridized carbons (Fsp3) is 0.294. The van der Waals surface area contributed by atoms with Crippen LogP contribution in [0.25, 0.3) is 0 Å². The first-order chi connectivity index (χ1) is 19.0. The third kappa shape index (κ3) is 5.19. The van der Waals surface area contributed by atoms with E-state index in [9.17, 15) is 10.1 Å². The summed E-state index contributed by atoms with van der Waals surface area (Å²) in [6.45, 7) is 10.7. The first-order valence-electron chi connectivity index (χ1n) is 13.5. The maximum atomic E-state index is 13.9. The number of hydrogen-bond donors (Lipinski definition) is 1. The maximum Gasteiger partial charge on any atom is 0.162 e. The van der Waals surface area contributed by atoms with Crippen LogP contribution in [-0.4, -0.2) is 5.78 Å². The zero-order valence-corrected chi connectivity index (χ0v) is 25.2. The molecule has 3 aromatic carbocycles. The van der Waals surface area contributed by atoms with Gasteiger partial charge in [-0.2, -0.15) is 5.26 Å². The van der Waals surface area contributed by atoms with Crippen molar-refractivity contribution >= 4 is 27.4 Å². The molecule has 2 N–H and O–H groups in total. The van der Waals surface area contributed by atoms with E-state index in [0.717, 1.165) is 49.4 Å². The van der Waals surface area contributed by atoms with Crippen molar-refractivity contribution in [3.05, 3.63) is 116 Å². The van der Waals surface area contributed by atoms with Gasteiger partial charge in [-0.15, -0.1) is 0 Å². The van der Waals surface area contributed by atoms with Crippen LogP contribution in [-0.2, 0) is 11.4 Å².